The van der Waals surface area contributed by atoms with Gasteiger partial charge in [0, 0.05) is 19.6 Å². The Balaban J connectivity index is 1.67. The van der Waals surface area contributed by atoms with Crippen LogP contribution in [0.25, 0.3) is 0 Å². The SMILES string of the molecule is Cc1ccc(NC(=O)CN2CCCN(Cc3ccccc3)S2(=O)=O)c(Cl)c1. The number of carbonyl (C=O) groups is 1. The number of hydrogen-bond donors (Lipinski definition) is 1. The number of rotatable bonds is 5. The molecule has 0 spiro atoms. The van der Waals surface area contributed by atoms with Gasteiger partial charge < -0.3 is 5.32 Å². The molecule has 0 aliphatic carbocycles. The summed E-state index contributed by atoms with van der Waals surface area (Å²) in [4.78, 5) is 12.4. The molecule has 0 radical (unpaired) electrons. The van der Waals surface area contributed by atoms with Crippen LogP contribution >= 0.6 is 11.6 Å². The van der Waals surface area contributed by atoms with Crippen LogP contribution in [0.3, 0.4) is 0 Å². The van der Waals surface area contributed by atoms with E-state index in [0.717, 1.165) is 11.1 Å². The first-order valence-electron chi connectivity index (χ1n) is 8.71. The molecule has 1 amide bonds. The fourth-order valence-electron chi connectivity index (χ4n) is 3.00. The van der Waals surface area contributed by atoms with E-state index in [2.05, 4.69) is 5.32 Å². The monoisotopic (exact) mass is 407 g/mol. The zero-order chi connectivity index (χ0) is 19.4. The molecular weight excluding hydrogens is 386 g/mol. The number of carbonyl (C=O) groups excluding carboxylic acids is 1. The molecule has 0 atom stereocenters. The third kappa shape index (κ3) is 4.87. The number of hydrogen-bond acceptors (Lipinski definition) is 3. The number of nitrogens with one attached hydrogen (secondary N) is 1. The van der Waals surface area contributed by atoms with Crippen molar-refractivity contribution in [2.24, 2.45) is 0 Å². The maximum absolute atomic E-state index is 12.9. The van der Waals surface area contributed by atoms with Gasteiger partial charge in [0.15, 0.2) is 0 Å². The van der Waals surface area contributed by atoms with Gasteiger partial charge in [-0.2, -0.15) is 17.0 Å². The van der Waals surface area contributed by atoms with E-state index >= 15 is 0 Å². The lowest BCUT2D eigenvalue weighted by atomic mass is 10.2. The van der Waals surface area contributed by atoms with Gasteiger partial charge in [-0.1, -0.05) is 48.0 Å². The van der Waals surface area contributed by atoms with Crippen LogP contribution in [-0.4, -0.2) is 42.6 Å². The van der Waals surface area contributed by atoms with E-state index in [4.69, 9.17) is 11.6 Å². The van der Waals surface area contributed by atoms with Crippen LogP contribution in [0, 0.1) is 6.92 Å². The molecule has 3 rings (SSSR count). The van der Waals surface area contributed by atoms with Crippen molar-refractivity contribution in [2.75, 3.05) is 25.0 Å². The quantitative estimate of drug-likeness (QED) is 0.828. The number of benzene rings is 2. The van der Waals surface area contributed by atoms with Crippen LogP contribution in [0.5, 0.6) is 0 Å². The summed E-state index contributed by atoms with van der Waals surface area (Å²) in [6.07, 6.45) is 0.671. The summed E-state index contributed by atoms with van der Waals surface area (Å²) in [6, 6.07) is 14.7. The Hall–Kier alpha value is -1.93. The second kappa shape index (κ2) is 8.39. The van der Waals surface area contributed by atoms with Gasteiger partial charge in [0.2, 0.25) is 5.91 Å². The fourth-order valence-corrected chi connectivity index (χ4v) is 4.92. The second-order valence-electron chi connectivity index (χ2n) is 6.55. The average molecular weight is 408 g/mol. The van der Waals surface area contributed by atoms with Gasteiger partial charge in [0.25, 0.3) is 10.2 Å². The van der Waals surface area contributed by atoms with Crippen LogP contribution < -0.4 is 5.32 Å². The van der Waals surface area contributed by atoms with Gasteiger partial charge in [-0.3, -0.25) is 4.79 Å². The molecule has 6 nitrogen and oxygen atoms in total. The van der Waals surface area contributed by atoms with Crippen molar-refractivity contribution in [1.29, 1.82) is 0 Å². The van der Waals surface area contributed by atoms with E-state index in [1.165, 1.54) is 8.61 Å². The topological polar surface area (TPSA) is 69.7 Å². The molecule has 8 heteroatoms. The van der Waals surface area contributed by atoms with Gasteiger partial charge in [-0.05, 0) is 36.6 Å². The van der Waals surface area contributed by atoms with Crippen molar-refractivity contribution < 1.29 is 13.2 Å². The maximum atomic E-state index is 12.9. The molecule has 2 aromatic carbocycles. The van der Waals surface area contributed by atoms with Gasteiger partial charge in [0.05, 0.1) is 17.3 Å². The number of aryl methyl sites for hydroxylation is 1. The zero-order valence-electron chi connectivity index (χ0n) is 15.1. The average Bonchev–Trinajstić information content (AvgIpc) is 2.62. The first-order valence-corrected chi connectivity index (χ1v) is 10.5. The third-order valence-corrected chi connectivity index (χ3v) is 6.63. The van der Waals surface area contributed by atoms with Crippen molar-refractivity contribution >= 4 is 33.4 Å². The molecule has 1 aliphatic rings. The molecule has 0 saturated carbocycles. The molecule has 1 aliphatic heterocycles. The van der Waals surface area contributed by atoms with E-state index in [-0.39, 0.29) is 6.54 Å². The Morgan fingerprint density at radius 3 is 2.52 bits per heavy atom. The molecule has 0 aromatic heterocycles. The minimum Gasteiger partial charge on any atom is -0.324 e. The Morgan fingerprint density at radius 2 is 1.81 bits per heavy atom. The molecule has 27 heavy (non-hydrogen) atoms. The predicted molar refractivity (Wildman–Crippen MR) is 107 cm³/mol. The lowest BCUT2D eigenvalue weighted by Crippen LogP contribution is -2.51. The molecule has 1 heterocycles. The van der Waals surface area contributed by atoms with Crippen molar-refractivity contribution in [3.63, 3.8) is 0 Å². The Labute approximate surface area is 164 Å². The molecule has 144 valence electrons. The van der Waals surface area contributed by atoms with E-state index in [1.54, 1.807) is 12.1 Å². The van der Waals surface area contributed by atoms with E-state index in [1.807, 2.05) is 43.3 Å². The fraction of sp³-hybridized carbons (Fsp3) is 0.316. The van der Waals surface area contributed by atoms with Crippen molar-refractivity contribution in [1.82, 2.24) is 8.61 Å². The van der Waals surface area contributed by atoms with Crippen molar-refractivity contribution in [3.05, 3.63) is 64.7 Å². The normalized spacial score (nSPS) is 17.6. The molecular formula is C19H22ClN3O3S. The smallest absolute Gasteiger partial charge is 0.282 e. The van der Waals surface area contributed by atoms with Crippen molar-refractivity contribution in [3.8, 4) is 0 Å². The van der Waals surface area contributed by atoms with Crippen LogP contribution in [0.1, 0.15) is 17.5 Å². The highest BCUT2D eigenvalue weighted by molar-refractivity contribution is 7.86. The van der Waals surface area contributed by atoms with Crippen molar-refractivity contribution in [2.45, 2.75) is 19.9 Å². The summed E-state index contributed by atoms with van der Waals surface area (Å²) >= 11 is 6.13. The Bertz CT molecular complexity index is 919. The molecule has 1 N–H and O–H groups in total. The number of nitrogens with zero attached hydrogens (tertiary/aromatic N) is 2. The van der Waals surface area contributed by atoms with Gasteiger partial charge >= 0.3 is 0 Å². The van der Waals surface area contributed by atoms with Gasteiger partial charge in [-0.25, -0.2) is 0 Å². The molecule has 1 fully saturated rings. The summed E-state index contributed by atoms with van der Waals surface area (Å²) < 4.78 is 28.4. The molecule has 0 unspecified atom stereocenters. The lowest BCUT2D eigenvalue weighted by molar-refractivity contribution is -0.116. The second-order valence-corrected chi connectivity index (χ2v) is 8.88. The minimum atomic E-state index is -3.69. The standard InChI is InChI=1S/C19H22ClN3O3S/c1-15-8-9-18(17(20)12-15)21-19(24)14-23-11-5-10-22(27(23,25)26)13-16-6-3-2-4-7-16/h2-4,6-9,12H,5,10-11,13-14H2,1H3,(H,21,24). The van der Waals surface area contributed by atoms with E-state index < -0.39 is 16.1 Å². The minimum absolute atomic E-state index is 0.238. The molecule has 2 aromatic rings. The highest BCUT2D eigenvalue weighted by Crippen LogP contribution is 2.23. The van der Waals surface area contributed by atoms with Crippen LogP contribution in [-0.2, 0) is 21.5 Å². The predicted octanol–water partition coefficient (Wildman–Crippen LogP) is 3.04. The number of anilines is 1. The summed E-state index contributed by atoms with van der Waals surface area (Å²) in [5.74, 6) is -0.411. The Morgan fingerprint density at radius 1 is 1.11 bits per heavy atom. The number of amides is 1. The van der Waals surface area contributed by atoms with Crippen LogP contribution in [0.15, 0.2) is 48.5 Å². The molecule has 1 saturated heterocycles. The lowest BCUT2D eigenvalue weighted by Gasteiger charge is -2.34. The first kappa shape index (κ1) is 19.8. The summed E-state index contributed by atoms with van der Waals surface area (Å²) in [7, 11) is -3.69. The van der Waals surface area contributed by atoms with Crippen LogP contribution in [0.2, 0.25) is 5.02 Å². The van der Waals surface area contributed by atoms with E-state index in [9.17, 15) is 13.2 Å². The highest BCUT2D eigenvalue weighted by Gasteiger charge is 2.34. The number of halogens is 1. The summed E-state index contributed by atoms with van der Waals surface area (Å²) in [6.45, 7) is 2.73. The van der Waals surface area contributed by atoms with E-state index in [0.29, 0.717) is 36.8 Å². The Kier molecular flexibility index (Phi) is 6.16. The first-order chi connectivity index (χ1) is 12.9. The van der Waals surface area contributed by atoms with Gasteiger partial charge in [0.1, 0.15) is 0 Å². The largest absolute Gasteiger partial charge is 0.324 e. The summed E-state index contributed by atoms with van der Waals surface area (Å²) in [5.41, 5.74) is 2.37. The highest BCUT2D eigenvalue weighted by atomic mass is 35.5. The third-order valence-electron chi connectivity index (χ3n) is 4.39. The molecule has 0 bridgehead atoms. The van der Waals surface area contributed by atoms with Crippen LogP contribution in [0.4, 0.5) is 5.69 Å². The van der Waals surface area contributed by atoms with Gasteiger partial charge in [-0.15, -0.1) is 0 Å². The summed E-state index contributed by atoms with van der Waals surface area (Å²) in [5, 5.41) is 3.12. The maximum Gasteiger partial charge on any atom is 0.282 e. The zero-order valence-corrected chi connectivity index (χ0v) is 16.6.